The van der Waals surface area contributed by atoms with Crippen molar-refractivity contribution >= 4 is 33.9 Å². The Bertz CT molecular complexity index is 711. The zero-order valence-corrected chi connectivity index (χ0v) is 15.0. The maximum Gasteiger partial charge on any atom is 0.227 e. The Morgan fingerprint density at radius 1 is 1.25 bits per heavy atom. The van der Waals surface area contributed by atoms with Crippen LogP contribution in [0, 0.1) is 0 Å². The lowest BCUT2D eigenvalue weighted by atomic mass is 9.96. The molecule has 128 valence electrons. The van der Waals surface area contributed by atoms with Gasteiger partial charge in [0, 0.05) is 23.9 Å². The van der Waals surface area contributed by atoms with Crippen molar-refractivity contribution in [2.24, 2.45) is 0 Å². The van der Waals surface area contributed by atoms with Crippen molar-refractivity contribution in [1.82, 2.24) is 4.98 Å². The molecule has 0 amide bonds. The third-order valence-electron chi connectivity index (χ3n) is 4.31. The molecule has 2 aromatic rings. The lowest BCUT2D eigenvalue weighted by Crippen LogP contribution is -2.21. The van der Waals surface area contributed by atoms with Gasteiger partial charge in [-0.05, 0) is 24.5 Å². The largest absolute Gasteiger partial charge is 0.492 e. The van der Waals surface area contributed by atoms with Gasteiger partial charge >= 0.3 is 0 Å². The topological polar surface area (TPSA) is 62.2 Å². The van der Waals surface area contributed by atoms with Crippen molar-refractivity contribution < 1.29 is 9.90 Å². The first kappa shape index (κ1) is 17.2. The summed E-state index contributed by atoms with van der Waals surface area (Å²) >= 11 is 7.46. The highest BCUT2D eigenvalue weighted by molar-refractivity contribution is 7.16. The van der Waals surface area contributed by atoms with E-state index in [2.05, 4.69) is 10.3 Å². The van der Waals surface area contributed by atoms with Gasteiger partial charge in [-0.25, -0.2) is 0 Å². The summed E-state index contributed by atoms with van der Waals surface area (Å²) in [6.45, 7) is 0. The Morgan fingerprint density at radius 2 is 2.00 bits per heavy atom. The van der Waals surface area contributed by atoms with Crippen molar-refractivity contribution in [2.45, 2.75) is 51.0 Å². The van der Waals surface area contributed by atoms with Gasteiger partial charge in [-0.1, -0.05) is 60.4 Å². The Labute approximate surface area is 150 Å². The van der Waals surface area contributed by atoms with Crippen LogP contribution in [-0.4, -0.2) is 21.9 Å². The van der Waals surface area contributed by atoms with Crippen LogP contribution in [0.15, 0.2) is 24.3 Å². The van der Waals surface area contributed by atoms with Gasteiger partial charge in [0.05, 0.1) is 4.88 Å². The average molecular weight is 365 g/mol. The molecule has 24 heavy (non-hydrogen) atoms. The number of benzene rings is 1. The second-order valence-corrected chi connectivity index (χ2v) is 7.72. The summed E-state index contributed by atoms with van der Waals surface area (Å²) in [6.07, 6.45) is 6.49. The molecule has 1 aliphatic carbocycles. The van der Waals surface area contributed by atoms with E-state index < -0.39 is 0 Å². The summed E-state index contributed by atoms with van der Waals surface area (Å²) in [5.74, 6) is -0.0166. The summed E-state index contributed by atoms with van der Waals surface area (Å²) in [5.41, 5.74) is 0.814. The summed E-state index contributed by atoms with van der Waals surface area (Å²) < 4.78 is 0. The van der Waals surface area contributed by atoms with Gasteiger partial charge in [0.15, 0.2) is 5.13 Å². The molecule has 1 heterocycles. The minimum Gasteiger partial charge on any atom is -0.492 e. The van der Waals surface area contributed by atoms with Crippen molar-refractivity contribution in [3.63, 3.8) is 0 Å². The van der Waals surface area contributed by atoms with Crippen LogP contribution in [0.3, 0.4) is 0 Å². The molecule has 1 saturated carbocycles. The molecule has 0 radical (unpaired) electrons. The highest BCUT2D eigenvalue weighted by Crippen LogP contribution is 2.31. The number of nitrogens with one attached hydrogen (secondary N) is 1. The van der Waals surface area contributed by atoms with Crippen molar-refractivity contribution in [2.75, 3.05) is 5.32 Å². The van der Waals surface area contributed by atoms with E-state index in [4.69, 9.17) is 11.6 Å². The Kier molecular flexibility index (Phi) is 5.74. The molecule has 2 N–H and O–H groups in total. The molecule has 0 spiro atoms. The van der Waals surface area contributed by atoms with Crippen molar-refractivity contribution in [3.05, 3.63) is 39.7 Å². The molecule has 1 aliphatic rings. The maximum atomic E-state index is 12.3. The van der Waals surface area contributed by atoms with E-state index in [0.29, 0.717) is 21.1 Å². The average Bonchev–Trinajstić information content (AvgIpc) is 2.90. The lowest BCUT2D eigenvalue weighted by Gasteiger charge is -2.22. The molecule has 0 saturated heterocycles. The van der Waals surface area contributed by atoms with E-state index in [1.165, 1.54) is 30.6 Å². The number of hydrogen-bond acceptors (Lipinski definition) is 5. The highest BCUT2D eigenvalue weighted by Gasteiger charge is 2.18. The van der Waals surface area contributed by atoms with Crippen LogP contribution in [-0.2, 0) is 17.6 Å². The van der Waals surface area contributed by atoms with E-state index in [9.17, 15) is 9.90 Å². The third-order valence-corrected chi connectivity index (χ3v) is 5.66. The standard InChI is InChI=1S/C18H21ClN2O2S/c19-15-9-5-4-6-12(15)10-14(22)11-16-17(23)21-18(24-16)20-13-7-2-1-3-8-13/h4-6,9,13,23H,1-3,7-8,10-11H2,(H,20,21). The monoisotopic (exact) mass is 364 g/mol. The third kappa shape index (κ3) is 4.48. The predicted molar refractivity (Wildman–Crippen MR) is 98.1 cm³/mol. The quantitative estimate of drug-likeness (QED) is 0.786. The molecular weight excluding hydrogens is 344 g/mol. The SMILES string of the molecule is O=C(Cc1ccccc1Cl)Cc1sc(NC2CCCCC2)nc1O. The molecule has 1 fully saturated rings. The number of Topliss-reactive ketones (excluding diaryl/α,β-unsaturated/α-hetero) is 1. The number of aromatic nitrogens is 1. The number of carbonyl (C=O) groups excluding carboxylic acids is 1. The van der Waals surface area contributed by atoms with Crippen LogP contribution in [0.2, 0.25) is 5.02 Å². The molecule has 0 unspecified atom stereocenters. The molecule has 6 heteroatoms. The number of aromatic hydroxyl groups is 1. The van der Waals surface area contributed by atoms with E-state index in [1.807, 2.05) is 18.2 Å². The van der Waals surface area contributed by atoms with E-state index >= 15 is 0 Å². The second-order valence-electron chi connectivity index (χ2n) is 6.23. The number of nitrogens with zero attached hydrogens (tertiary/aromatic N) is 1. The van der Waals surface area contributed by atoms with Crippen LogP contribution in [0.1, 0.15) is 42.5 Å². The summed E-state index contributed by atoms with van der Waals surface area (Å²) in [7, 11) is 0. The summed E-state index contributed by atoms with van der Waals surface area (Å²) in [5, 5.41) is 14.7. The Balaban J connectivity index is 1.60. The van der Waals surface area contributed by atoms with Crippen LogP contribution in [0.4, 0.5) is 5.13 Å². The fourth-order valence-corrected chi connectivity index (χ4v) is 4.20. The zero-order valence-electron chi connectivity index (χ0n) is 13.4. The van der Waals surface area contributed by atoms with Gasteiger partial charge in [-0.3, -0.25) is 4.79 Å². The summed E-state index contributed by atoms with van der Waals surface area (Å²) in [6, 6.07) is 7.76. The number of carbonyl (C=O) groups is 1. The minimum atomic E-state index is -0.0363. The van der Waals surface area contributed by atoms with Crippen molar-refractivity contribution in [1.29, 1.82) is 0 Å². The van der Waals surface area contributed by atoms with Crippen LogP contribution in [0.25, 0.3) is 0 Å². The second kappa shape index (κ2) is 7.99. The molecule has 1 aromatic carbocycles. The van der Waals surface area contributed by atoms with Crippen LogP contribution in [0.5, 0.6) is 5.88 Å². The molecule has 0 bridgehead atoms. The number of ketones is 1. The first-order valence-corrected chi connectivity index (χ1v) is 9.51. The maximum absolute atomic E-state index is 12.3. The van der Waals surface area contributed by atoms with Gasteiger partial charge in [-0.2, -0.15) is 4.98 Å². The fourth-order valence-electron chi connectivity index (χ4n) is 3.04. The van der Waals surface area contributed by atoms with Crippen LogP contribution >= 0.6 is 22.9 Å². The minimum absolute atomic E-state index is 0.0197. The van der Waals surface area contributed by atoms with Gasteiger partial charge in [-0.15, -0.1) is 0 Å². The van der Waals surface area contributed by atoms with E-state index in [-0.39, 0.29) is 24.5 Å². The Morgan fingerprint density at radius 3 is 2.75 bits per heavy atom. The first-order chi connectivity index (χ1) is 11.6. The Hall–Kier alpha value is -1.59. The number of hydrogen-bond donors (Lipinski definition) is 2. The summed E-state index contributed by atoms with van der Waals surface area (Å²) in [4.78, 5) is 17.1. The number of rotatable bonds is 6. The normalized spacial score (nSPS) is 15.4. The van der Waals surface area contributed by atoms with E-state index in [1.54, 1.807) is 6.07 Å². The smallest absolute Gasteiger partial charge is 0.227 e. The van der Waals surface area contributed by atoms with Crippen LogP contribution < -0.4 is 5.32 Å². The molecule has 4 nitrogen and oxygen atoms in total. The highest BCUT2D eigenvalue weighted by atomic mass is 35.5. The molecule has 1 aromatic heterocycles. The van der Waals surface area contributed by atoms with E-state index in [0.717, 1.165) is 18.4 Å². The molecule has 3 rings (SSSR count). The molecule has 0 aliphatic heterocycles. The number of thiazole rings is 1. The predicted octanol–water partition coefficient (Wildman–Crippen LogP) is 4.60. The number of anilines is 1. The molecular formula is C18H21ClN2O2S. The van der Waals surface area contributed by atoms with Crippen molar-refractivity contribution in [3.8, 4) is 5.88 Å². The molecule has 0 atom stereocenters. The lowest BCUT2D eigenvalue weighted by molar-refractivity contribution is -0.117. The van der Waals surface area contributed by atoms with Gasteiger partial charge in [0.2, 0.25) is 5.88 Å². The van der Waals surface area contributed by atoms with Gasteiger partial charge in [0.25, 0.3) is 0 Å². The van der Waals surface area contributed by atoms with Gasteiger partial charge in [0.1, 0.15) is 5.78 Å². The zero-order chi connectivity index (χ0) is 16.9. The fraction of sp³-hybridized carbons (Fsp3) is 0.444. The first-order valence-electron chi connectivity index (χ1n) is 8.32. The van der Waals surface area contributed by atoms with Gasteiger partial charge < -0.3 is 10.4 Å². The number of halogens is 1.